The second-order valence-corrected chi connectivity index (χ2v) is 4.80. The molecule has 3 nitrogen and oxygen atoms in total. The van der Waals surface area contributed by atoms with Gasteiger partial charge >= 0.3 is 0 Å². The van der Waals surface area contributed by atoms with E-state index in [-0.39, 0.29) is 6.10 Å². The molecule has 2 saturated heterocycles. The number of hydrogen-bond donors (Lipinski definition) is 0. The van der Waals surface area contributed by atoms with Gasteiger partial charge in [-0.1, -0.05) is 12.2 Å². The molecule has 0 aliphatic carbocycles. The van der Waals surface area contributed by atoms with Gasteiger partial charge in [0.25, 0.3) is 0 Å². The lowest BCUT2D eigenvalue weighted by Gasteiger charge is -2.16. The molecule has 0 saturated carbocycles. The monoisotopic (exact) mass is 211 g/mol. The minimum atomic E-state index is -0.400. The normalized spacial score (nSPS) is 31.7. The Balaban J connectivity index is 1.70. The smallest absolute Gasteiger partial charge is 0.163 e. The van der Waals surface area contributed by atoms with E-state index in [0.717, 1.165) is 6.54 Å². The minimum absolute atomic E-state index is 0.141. The summed E-state index contributed by atoms with van der Waals surface area (Å²) in [6.45, 7) is 8.15. The standard InChI is InChI=1S/C12H21NO2/c1-12(2)14-10-11(15-12)6-5-9-13-7-3-4-8-13/h5-6,11H,3-4,7-10H2,1-2H3/b6-5+/t11-/m0/s1. The predicted molar refractivity (Wildman–Crippen MR) is 59.7 cm³/mol. The van der Waals surface area contributed by atoms with Gasteiger partial charge in [-0.2, -0.15) is 0 Å². The number of hydrogen-bond acceptors (Lipinski definition) is 3. The van der Waals surface area contributed by atoms with Crippen molar-refractivity contribution in [3.05, 3.63) is 12.2 Å². The molecule has 2 aliphatic heterocycles. The van der Waals surface area contributed by atoms with Crippen LogP contribution in [-0.4, -0.2) is 43.0 Å². The summed E-state index contributed by atoms with van der Waals surface area (Å²) in [5, 5.41) is 0. The van der Waals surface area contributed by atoms with E-state index in [1.54, 1.807) is 0 Å². The number of nitrogens with zero attached hydrogens (tertiary/aromatic N) is 1. The van der Waals surface area contributed by atoms with Gasteiger partial charge < -0.3 is 9.47 Å². The van der Waals surface area contributed by atoms with E-state index in [1.165, 1.54) is 25.9 Å². The van der Waals surface area contributed by atoms with Crippen molar-refractivity contribution in [1.29, 1.82) is 0 Å². The van der Waals surface area contributed by atoms with Crippen LogP contribution in [0.5, 0.6) is 0 Å². The van der Waals surface area contributed by atoms with Gasteiger partial charge in [0.05, 0.1) is 6.61 Å². The molecule has 0 bridgehead atoms. The van der Waals surface area contributed by atoms with E-state index in [4.69, 9.17) is 9.47 Å². The van der Waals surface area contributed by atoms with Gasteiger partial charge in [-0.15, -0.1) is 0 Å². The lowest BCUT2D eigenvalue weighted by atomic mass is 10.3. The van der Waals surface area contributed by atoms with Gasteiger partial charge in [-0.05, 0) is 39.8 Å². The third kappa shape index (κ3) is 3.30. The SMILES string of the molecule is CC1(C)OC[C@H](/C=C/CN2CCCC2)O1. The Morgan fingerprint density at radius 3 is 2.67 bits per heavy atom. The summed E-state index contributed by atoms with van der Waals surface area (Å²) in [6, 6.07) is 0. The lowest BCUT2D eigenvalue weighted by Crippen LogP contribution is -2.21. The third-order valence-corrected chi connectivity index (χ3v) is 2.94. The highest BCUT2D eigenvalue weighted by molar-refractivity contribution is 4.95. The first-order chi connectivity index (χ1) is 7.16. The Labute approximate surface area is 92.0 Å². The fraction of sp³-hybridized carbons (Fsp3) is 0.833. The second-order valence-electron chi connectivity index (χ2n) is 4.80. The van der Waals surface area contributed by atoms with Crippen molar-refractivity contribution in [3.8, 4) is 0 Å². The van der Waals surface area contributed by atoms with Crippen LogP contribution in [0.25, 0.3) is 0 Å². The largest absolute Gasteiger partial charge is 0.347 e. The minimum Gasteiger partial charge on any atom is -0.347 e. The van der Waals surface area contributed by atoms with E-state index in [2.05, 4.69) is 17.1 Å². The van der Waals surface area contributed by atoms with Crippen LogP contribution in [0.2, 0.25) is 0 Å². The van der Waals surface area contributed by atoms with E-state index in [9.17, 15) is 0 Å². The maximum atomic E-state index is 5.69. The van der Waals surface area contributed by atoms with Crippen LogP contribution in [0.15, 0.2) is 12.2 Å². The van der Waals surface area contributed by atoms with Gasteiger partial charge in [0, 0.05) is 6.54 Å². The Morgan fingerprint density at radius 2 is 2.07 bits per heavy atom. The zero-order chi connectivity index (χ0) is 10.7. The summed E-state index contributed by atoms with van der Waals surface area (Å²) in [4.78, 5) is 2.47. The fourth-order valence-corrected chi connectivity index (χ4v) is 2.14. The van der Waals surface area contributed by atoms with Gasteiger partial charge in [-0.3, -0.25) is 4.90 Å². The summed E-state index contributed by atoms with van der Waals surface area (Å²) < 4.78 is 11.2. The highest BCUT2D eigenvalue weighted by Crippen LogP contribution is 2.22. The molecule has 0 amide bonds. The van der Waals surface area contributed by atoms with Crippen LogP contribution in [0.4, 0.5) is 0 Å². The maximum Gasteiger partial charge on any atom is 0.163 e. The van der Waals surface area contributed by atoms with Crippen molar-refractivity contribution < 1.29 is 9.47 Å². The zero-order valence-electron chi connectivity index (χ0n) is 9.74. The Hall–Kier alpha value is -0.380. The van der Waals surface area contributed by atoms with Crippen LogP contribution in [0.3, 0.4) is 0 Å². The lowest BCUT2D eigenvalue weighted by molar-refractivity contribution is -0.133. The number of ether oxygens (including phenoxy) is 2. The van der Waals surface area contributed by atoms with Gasteiger partial charge in [0.2, 0.25) is 0 Å². The first-order valence-corrected chi connectivity index (χ1v) is 5.86. The molecule has 0 aromatic heterocycles. The molecule has 2 rings (SSSR count). The number of rotatable bonds is 3. The summed E-state index contributed by atoms with van der Waals surface area (Å²) in [5.74, 6) is -0.400. The molecular weight excluding hydrogens is 190 g/mol. The Bertz CT molecular complexity index is 232. The Kier molecular flexibility index (Phi) is 3.44. The van der Waals surface area contributed by atoms with Crippen molar-refractivity contribution in [2.45, 2.75) is 38.6 Å². The summed E-state index contributed by atoms with van der Waals surface area (Å²) in [5.41, 5.74) is 0. The molecule has 15 heavy (non-hydrogen) atoms. The molecule has 0 spiro atoms. The first kappa shape index (κ1) is 11.1. The maximum absolute atomic E-state index is 5.69. The van der Waals surface area contributed by atoms with Crippen molar-refractivity contribution in [1.82, 2.24) is 4.90 Å². The highest BCUT2D eigenvalue weighted by atomic mass is 16.7. The highest BCUT2D eigenvalue weighted by Gasteiger charge is 2.30. The molecule has 2 heterocycles. The predicted octanol–water partition coefficient (Wildman–Crippen LogP) is 1.79. The second kappa shape index (κ2) is 4.64. The first-order valence-electron chi connectivity index (χ1n) is 5.86. The Morgan fingerprint density at radius 1 is 1.33 bits per heavy atom. The average molecular weight is 211 g/mol. The van der Waals surface area contributed by atoms with Gasteiger partial charge in [0.1, 0.15) is 6.10 Å². The van der Waals surface area contributed by atoms with Crippen molar-refractivity contribution in [3.63, 3.8) is 0 Å². The van der Waals surface area contributed by atoms with E-state index >= 15 is 0 Å². The van der Waals surface area contributed by atoms with Crippen LogP contribution < -0.4 is 0 Å². The van der Waals surface area contributed by atoms with Crippen molar-refractivity contribution in [2.24, 2.45) is 0 Å². The van der Waals surface area contributed by atoms with E-state index < -0.39 is 5.79 Å². The van der Waals surface area contributed by atoms with Gasteiger partial charge in [-0.25, -0.2) is 0 Å². The molecule has 0 aromatic carbocycles. The van der Waals surface area contributed by atoms with Crippen LogP contribution in [0, 0.1) is 0 Å². The quantitative estimate of drug-likeness (QED) is 0.664. The van der Waals surface area contributed by atoms with Crippen molar-refractivity contribution in [2.75, 3.05) is 26.2 Å². The summed E-state index contributed by atoms with van der Waals surface area (Å²) in [6.07, 6.45) is 7.18. The van der Waals surface area contributed by atoms with Crippen LogP contribution in [-0.2, 0) is 9.47 Å². The van der Waals surface area contributed by atoms with Crippen LogP contribution >= 0.6 is 0 Å². The zero-order valence-corrected chi connectivity index (χ0v) is 9.74. The molecule has 3 heteroatoms. The molecule has 86 valence electrons. The third-order valence-electron chi connectivity index (χ3n) is 2.94. The fourth-order valence-electron chi connectivity index (χ4n) is 2.14. The van der Waals surface area contributed by atoms with Crippen LogP contribution in [0.1, 0.15) is 26.7 Å². The molecule has 0 radical (unpaired) electrons. The topological polar surface area (TPSA) is 21.7 Å². The molecule has 2 fully saturated rings. The summed E-state index contributed by atoms with van der Waals surface area (Å²) >= 11 is 0. The molecule has 2 aliphatic rings. The molecule has 0 aromatic rings. The average Bonchev–Trinajstić information content (AvgIpc) is 2.76. The molecular formula is C12H21NO2. The van der Waals surface area contributed by atoms with E-state index in [1.807, 2.05) is 13.8 Å². The van der Waals surface area contributed by atoms with Crippen molar-refractivity contribution >= 4 is 0 Å². The summed E-state index contributed by atoms with van der Waals surface area (Å²) in [7, 11) is 0. The molecule has 0 N–H and O–H groups in total. The molecule has 0 unspecified atom stereocenters. The van der Waals surface area contributed by atoms with Gasteiger partial charge in [0.15, 0.2) is 5.79 Å². The van der Waals surface area contributed by atoms with E-state index in [0.29, 0.717) is 6.61 Å². The molecule has 1 atom stereocenters. The number of likely N-dealkylation sites (tertiary alicyclic amines) is 1.